The lowest BCUT2D eigenvalue weighted by atomic mass is 9.92. The lowest BCUT2D eigenvalue weighted by molar-refractivity contribution is 0.193. The van der Waals surface area contributed by atoms with E-state index >= 15 is 0 Å². The van der Waals surface area contributed by atoms with Crippen molar-refractivity contribution in [3.63, 3.8) is 0 Å². The van der Waals surface area contributed by atoms with E-state index < -0.39 is 16.0 Å². The van der Waals surface area contributed by atoms with Crippen molar-refractivity contribution in [1.29, 1.82) is 0 Å². The van der Waals surface area contributed by atoms with E-state index in [1.165, 1.54) is 6.26 Å². The minimum Gasteiger partial charge on any atom is -0.335 e. The molecule has 5 nitrogen and oxygen atoms in total. The normalized spacial score (nSPS) is 43.1. The van der Waals surface area contributed by atoms with E-state index in [0.29, 0.717) is 19.3 Å². The molecule has 2 bridgehead atoms. The Morgan fingerprint density at radius 2 is 1.75 bits per heavy atom. The summed E-state index contributed by atoms with van der Waals surface area (Å²) in [7, 11) is -2.98. The minimum atomic E-state index is -2.98. The van der Waals surface area contributed by atoms with E-state index in [2.05, 4.69) is 10.6 Å². The number of halogens is 1. The molecular formula is C13H21FN2O3S. The standard InChI is InChI=1S/C13H21FN2O3S/c1-20(18,19)10-5-9(6-10)15-13(17)16-12-4-7-2-8(12)3-11(7)14/h7-12H,2-6H2,1H3,(H2,15,16,17). The highest BCUT2D eigenvalue weighted by atomic mass is 32.2. The van der Waals surface area contributed by atoms with E-state index in [4.69, 9.17) is 0 Å². The van der Waals surface area contributed by atoms with Crippen molar-refractivity contribution in [2.75, 3.05) is 6.26 Å². The molecule has 114 valence electrons. The molecule has 3 fully saturated rings. The van der Waals surface area contributed by atoms with Crippen LogP contribution in [-0.4, -0.2) is 44.2 Å². The number of carbonyl (C=O) groups is 1. The Kier molecular flexibility index (Phi) is 3.43. The summed E-state index contributed by atoms with van der Waals surface area (Å²) in [5.41, 5.74) is 0. The number of hydrogen-bond donors (Lipinski definition) is 2. The van der Waals surface area contributed by atoms with Gasteiger partial charge in [-0.3, -0.25) is 0 Å². The Morgan fingerprint density at radius 1 is 1.05 bits per heavy atom. The lowest BCUT2D eigenvalue weighted by Gasteiger charge is -2.35. The average molecular weight is 304 g/mol. The van der Waals surface area contributed by atoms with Crippen LogP contribution in [0.5, 0.6) is 0 Å². The Morgan fingerprint density at radius 3 is 2.25 bits per heavy atom. The first-order chi connectivity index (χ1) is 9.33. The zero-order valence-electron chi connectivity index (χ0n) is 11.5. The molecule has 0 saturated heterocycles. The summed E-state index contributed by atoms with van der Waals surface area (Å²) in [5.74, 6) is 0.384. The predicted octanol–water partition coefficient (Wildman–Crippen LogP) is 0.998. The molecule has 4 atom stereocenters. The van der Waals surface area contributed by atoms with E-state index in [9.17, 15) is 17.6 Å². The number of fused-ring (bicyclic) bond motifs is 2. The van der Waals surface area contributed by atoms with E-state index in [0.717, 1.165) is 12.8 Å². The molecule has 3 rings (SSSR count). The zero-order chi connectivity index (χ0) is 14.5. The molecule has 4 unspecified atom stereocenters. The number of alkyl halides is 1. The molecule has 3 aliphatic carbocycles. The number of hydrogen-bond acceptors (Lipinski definition) is 3. The van der Waals surface area contributed by atoms with Crippen molar-refractivity contribution in [3.8, 4) is 0 Å². The summed E-state index contributed by atoms with van der Waals surface area (Å²) in [5, 5.41) is 5.41. The monoisotopic (exact) mass is 304 g/mol. The van der Waals surface area contributed by atoms with Gasteiger partial charge in [-0.05, 0) is 43.9 Å². The molecule has 0 aromatic carbocycles. The minimum absolute atomic E-state index is 0.0535. The second-order valence-electron chi connectivity index (χ2n) is 6.59. The smallest absolute Gasteiger partial charge is 0.315 e. The second kappa shape index (κ2) is 4.86. The Labute approximate surface area is 118 Å². The molecular weight excluding hydrogens is 283 g/mol. The van der Waals surface area contributed by atoms with Gasteiger partial charge in [-0.15, -0.1) is 0 Å². The van der Waals surface area contributed by atoms with Crippen LogP contribution in [0, 0.1) is 11.8 Å². The maximum absolute atomic E-state index is 13.4. The molecule has 0 aromatic heterocycles. The van der Waals surface area contributed by atoms with Crippen molar-refractivity contribution < 1.29 is 17.6 Å². The zero-order valence-corrected chi connectivity index (χ0v) is 12.3. The third kappa shape index (κ3) is 2.64. The quantitative estimate of drug-likeness (QED) is 0.817. The van der Waals surface area contributed by atoms with Crippen molar-refractivity contribution in [2.45, 2.75) is 55.6 Å². The molecule has 3 saturated carbocycles. The van der Waals surface area contributed by atoms with Gasteiger partial charge < -0.3 is 10.6 Å². The van der Waals surface area contributed by atoms with E-state index in [-0.39, 0.29) is 35.2 Å². The molecule has 2 amide bonds. The SMILES string of the molecule is CS(=O)(=O)C1CC(NC(=O)NC2CC3CC2CC3F)C1. The fraction of sp³-hybridized carbons (Fsp3) is 0.923. The van der Waals surface area contributed by atoms with Crippen LogP contribution in [-0.2, 0) is 9.84 Å². The van der Waals surface area contributed by atoms with Crippen molar-refractivity contribution >= 4 is 15.9 Å². The van der Waals surface area contributed by atoms with Crippen molar-refractivity contribution in [1.82, 2.24) is 10.6 Å². The van der Waals surface area contributed by atoms with E-state index in [1.807, 2.05) is 0 Å². The molecule has 0 aromatic rings. The van der Waals surface area contributed by atoms with Gasteiger partial charge in [0.15, 0.2) is 0 Å². The lowest BCUT2D eigenvalue weighted by Crippen LogP contribution is -2.54. The first-order valence-corrected chi connectivity index (χ1v) is 9.18. The van der Waals surface area contributed by atoms with Gasteiger partial charge in [-0.2, -0.15) is 0 Å². The molecule has 0 heterocycles. The van der Waals surface area contributed by atoms with Crippen LogP contribution in [0.3, 0.4) is 0 Å². The van der Waals surface area contributed by atoms with Gasteiger partial charge in [0.1, 0.15) is 16.0 Å². The van der Waals surface area contributed by atoms with Crippen LogP contribution in [0.25, 0.3) is 0 Å². The van der Waals surface area contributed by atoms with Gasteiger partial charge in [0.05, 0.1) is 5.25 Å². The Hall–Kier alpha value is -0.850. The van der Waals surface area contributed by atoms with Gasteiger partial charge in [-0.1, -0.05) is 0 Å². The summed E-state index contributed by atoms with van der Waals surface area (Å²) < 4.78 is 35.9. The highest BCUT2D eigenvalue weighted by Gasteiger charge is 2.47. The summed E-state index contributed by atoms with van der Waals surface area (Å²) in [6.45, 7) is 0. The van der Waals surface area contributed by atoms with Gasteiger partial charge in [0.2, 0.25) is 0 Å². The largest absolute Gasteiger partial charge is 0.335 e. The van der Waals surface area contributed by atoms with Gasteiger partial charge in [0, 0.05) is 18.3 Å². The molecule has 0 radical (unpaired) electrons. The van der Waals surface area contributed by atoms with Crippen LogP contribution in [0.15, 0.2) is 0 Å². The third-order valence-electron chi connectivity index (χ3n) is 5.12. The van der Waals surface area contributed by atoms with Crippen LogP contribution in [0.4, 0.5) is 9.18 Å². The van der Waals surface area contributed by atoms with Crippen LogP contribution in [0.1, 0.15) is 32.1 Å². The highest BCUT2D eigenvalue weighted by molar-refractivity contribution is 7.91. The maximum Gasteiger partial charge on any atom is 0.315 e. The summed E-state index contributed by atoms with van der Waals surface area (Å²) in [6.07, 6.45) is 3.71. The average Bonchev–Trinajstić information content (AvgIpc) is 2.79. The number of urea groups is 1. The maximum atomic E-state index is 13.4. The first-order valence-electron chi connectivity index (χ1n) is 7.23. The predicted molar refractivity (Wildman–Crippen MR) is 72.8 cm³/mol. The summed E-state index contributed by atoms with van der Waals surface area (Å²) in [4.78, 5) is 11.9. The van der Waals surface area contributed by atoms with Crippen molar-refractivity contribution in [2.24, 2.45) is 11.8 Å². The molecule has 20 heavy (non-hydrogen) atoms. The number of carbonyl (C=O) groups excluding carboxylic acids is 1. The van der Waals surface area contributed by atoms with Gasteiger partial charge in [-0.25, -0.2) is 17.6 Å². The van der Waals surface area contributed by atoms with E-state index in [1.54, 1.807) is 0 Å². The topological polar surface area (TPSA) is 75.3 Å². The fourth-order valence-electron chi connectivity index (χ4n) is 3.81. The molecule has 2 N–H and O–H groups in total. The Bertz CT molecular complexity index is 502. The summed E-state index contributed by atoms with van der Waals surface area (Å²) in [6, 6.07) is -0.213. The van der Waals surface area contributed by atoms with Gasteiger partial charge in [0.25, 0.3) is 0 Å². The van der Waals surface area contributed by atoms with Gasteiger partial charge >= 0.3 is 6.03 Å². The summed E-state index contributed by atoms with van der Waals surface area (Å²) >= 11 is 0. The first kappa shape index (κ1) is 14.1. The fourth-order valence-corrected chi connectivity index (χ4v) is 4.97. The number of nitrogens with one attached hydrogen (secondary N) is 2. The van der Waals surface area contributed by atoms with Crippen LogP contribution in [0.2, 0.25) is 0 Å². The molecule has 7 heteroatoms. The number of sulfone groups is 1. The second-order valence-corrected chi connectivity index (χ2v) is 8.91. The number of amides is 2. The Balaban J connectivity index is 1.42. The third-order valence-corrected chi connectivity index (χ3v) is 6.72. The van der Waals surface area contributed by atoms with Crippen LogP contribution < -0.4 is 10.6 Å². The molecule has 3 aliphatic rings. The highest BCUT2D eigenvalue weighted by Crippen LogP contribution is 2.46. The number of rotatable bonds is 3. The molecule has 0 aliphatic heterocycles. The molecule has 0 spiro atoms. The van der Waals surface area contributed by atoms with Crippen molar-refractivity contribution in [3.05, 3.63) is 0 Å². The van der Waals surface area contributed by atoms with Crippen LogP contribution >= 0.6 is 0 Å².